The van der Waals surface area contributed by atoms with Gasteiger partial charge in [0.15, 0.2) is 17.2 Å². The van der Waals surface area contributed by atoms with Crippen molar-refractivity contribution in [1.29, 1.82) is 5.26 Å². The molecular formula is C24H21ClF2N6O2. The lowest BCUT2D eigenvalue weighted by molar-refractivity contribution is -0.170. The molecule has 11 heteroatoms. The van der Waals surface area contributed by atoms with Crippen LogP contribution in [0.1, 0.15) is 53.1 Å². The number of nitrogens with one attached hydrogen (secondary N) is 1. The second-order valence-corrected chi connectivity index (χ2v) is 9.88. The van der Waals surface area contributed by atoms with Gasteiger partial charge in [0.1, 0.15) is 11.2 Å². The number of carboxylic acids is 1. The van der Waals surface area contributed by atoms with Crippen LogP contribution in [0.3, 0.4) is 0 Å². The van der Waals surface area contributed by atoms with Gasteiger partial charge in [-0.05, 0) is 37.6 Å². The van der Waals surface area contributed by atoms with Crippen LogP contribution < -0.4 is 10.2 Å². The number of nitriles is 1. The topological polar surface area (TPSA) is 115 Å². The second-order valence-electron chi connectivity index (χ2n) is 9.50. The molecule has 1 aromatic carbocycles. The minimum absolute atomic E-state index is 0.0673. The first kappa shape index (κ1) is 23.2. The van der Waals surface area contributed by atoms with Crippen LogP contribution in [0, 0.1) is 23.7 Å². The van der Waals surface area contributed by atoms with Gasteiger partial charge in [-0.1, -0.05) is 17.7 Å². The number of anilines is 2. The molecule has 1 aliphatic carbocycles. The van der Waals surface area contributed by atoms with Crippen molar-refractivity contribution in [3.8, 4) is 6.07 Å². The van der Waals surface area contributed by atoms with Crippen LogP contribution in [-0.4, -0.2) is 45.0 Å². The Hall–Kier alpha value is -3.58. The predicted molar refractivity (Wildman–Crippen MR) is 126 cm³/mol. The van der Waals surface area contributed by atoms with Gasteiger partial charge in [0.25, 0.3) is 0 Å². The van der Waals surface area contributed by atoms with E-state index in [9.17, 15) is 23.9 Å². The number of fused-ring (bicyclic) bond motifs is 1. The average molecular weight is 499 g/mol. The van der Waals surface area contributed by atoms with Crippen molar-refractivity contribution in [3.63, 3.8) is 0 Å². The smallest absolute Gasteiger partial charge is 0.356 e. The quantitative estimate of drug-likeness (QED) is 0.474. The molecule has 8 nitrogen and oxygen atoms in total. The Morgan fingerprint density at radius 1 is 1.26 bits per heavy atom. The number of nitrogens with zero attached hydrogens (tertiary/aromatic N) is 5. The number of rotatable bonds is 5. The highest BCUT2D eigenvalue weighted by molar-refractivity contribution is 6.29. The van der Waals surface area contributed by atoms with Gasteiger partial charge in [-0.25, -0.2) is 28.5 Å². The first-order chi connectivity index (χ1) is 16.5. The van der Waals surface area contributed by atoms with Gasteiger partial charge in [-0.15, -0.1) is 0 Å². The zero-order valence-electron chi connectivity index (χ0n) is 18.9. The zero-order valence-corrected chi connectivity index (χ0v) is 19.7. The molecule has 0 bridgehead atoms. The van der Waals surface area contributed by atoms with E-state index in [1.807, 2.05) is 30.9 Å². The molecule has 2 aromatic heterocycles. The van der Waals surface area contributed by atoms with E-state index in [-0.39, 0.29) is 29.4 Å². The molecule has 1 saturated carbocycles. The van der Waals surface area contributed by atoms with Gasteiger partial charge in [0.05, 0.1) is 22.8 Å². The molecule has 1 aliphatic heterocycles. The summed E-state index contributed by atoms with van der Waals surface area (Å²) in [5.74, 6) is -3.46. The summed E-state index contributed by atoms with van der Waals surface area (Å²) in [6, 6.07) is 8.46. The van der Waals surface area contributed by atoms with Gasteiger partial charge in [-0.2, -0.15) is 5.26 Å². The largest absolute Gasteiger partial charge is 0.476 e. The van der Waals surface area contributed by atoms with E-state index in [4.69, 9.17) is 16.6 Å². The summed E-state index contributed by atoms with van der Waals surface area (Å²) in [6.45, 7) is 4.55. The highest BCUT2D eigenvalue weighted by Gasteiger charge is 2.62. The van der Waals surface area contributed by atoms with E-state index >= 15 is 0 Å². The monoisotopic (exact) mass is 498 g/mol. The Bertz CT molecular complexity index is 1410. The summed E-state index contributed by atoms with van der Waals surface area (Å²) in [7, 11) is 0. The maximum absolute atomic E-state index is 13.4. The zero-order chi connectivity index (χ0) is 25.1. The molecule has 2 aliphatic rings. The number of hydrogen-bond acceptors (Lipinski definition) is 7. The number of benzene rings is 1. The summed E-state index contributed by atoms with van der Waals surface area (Å²) in [5, 5.41) is 22.4. The van der Waals surface area contributed by atoms with E-state index < -0.39 is 23.3 Å². The first-order valence-electron chi connectivity index (χ1n) is 11.0. The summed E-state index contributed by atoms with van der Waals surface area (Å²) in [6.07, 6.45) is -0.294. The van der Waals surface area contributed by atoms with Crippen molar-refractivity contribution >= 4 is 40.1 Å². The third-order valence-corrected chi connectivity index (χ3v) is 6.76. The second kappa shape index (κ2) is 7.99. The molecule has 0 amide bonds. The lowest BCUT2D eigenvalue weighted by Crippen LogP contribution is -2.66. The molecule has 1 saturated heterocycles. The van der Waals surface area contributed by atoms with Crippen molar-refractivity contribution in [2.45, 2.75) is 38.7 Å². The molecular weight excluding hydrogens is 478 g/mol. The highest BCUT2D eigenvalue weighted by atomic mass is 35.5. The van der Waals surface area contributed by atoms with Crippen LogP contribution in [0.25, 0.3) is 11.0 Å². The molecule has 0 radical (unpaired) electrons. The van der Waals surface area contributed by atoms with Gasteiger partial charge < -0.3 is 15.3 Å². The normalized spacial score (nSPS) is 18.5. The number of hydrogen-bond donors (Lipinski definition) is 2. The molecule has 2 fully saturated rings. The molecule has 0 unspecified atom stereocenters. The van der Waals surface area contributed by atoms with E-state index in [1.54, 1.807) is 6.07 Å². The predicted octanol–water partition coefficient (Wildman–Crippen LogP) is 4.97. The number of aryl methyl sites for hydroxylation is 1. The molecule has 5 rings (SSSR count). The van der Waals surface area contributed by atoms with Crippen LogP contribution in [-0.2, 0) is 0 Å². The Balaban J connectivity index is 1.51. The fourth-order valence-corrected chi connectivity index (χ4v) is 5.30. The summed E-state index contributed by atoms with van der Waals surface area (Å²) < 4.78 is 26.9. The minimum atomic E-state index is -2.61. The number of halogens is 3. The van der Waals surface area contributed by atoms with E-state index in [0.717, 1.165) is 11.1 Å². The first-order valence-corrected chi connectivity index (χ1v) is 11.4. The van der Waals surface area contributed by atoms with E-state index in [0.29, 0.717) is 35.6 Å². The summed E-state index contributed by atoms with van der Waals surface area (Å²) >= 11 is 5.87. The maximum atomic E-state index is 13.4. The van der Waals surface area contributed by atoms with Gasteiger partial charge in [-0.3, -0.25) is 0 Å². The molecule has 3 heterocycles. The fourth-order valence-electron chi connectivity index (χ4n) is 5.16. The lowest BCUT2D eigenvalue weighted by atomic mass is 9.61. The van der Waals surface area contributed by atoms with Crippen molar-refractivity contribution < 1.29 is 18.7 Å². The molecule has 3 aromatic rings. The Labute approximate surface area is 204 Å². The molecule has 2 N–H and O–H groups in total. The summed E-state index contributed by atoms with van der Waals surface area (Å²) in [4.78, 5) is 26.6. The Morgan fingerprint density at radius 3 is 2.60 bits per heavy atom. The van der Waals surface area contributed by atoms with Crippen molar-refractivity contribution in [2.24, 2.45) is 5.41 Å². The third-order valence-electron chi connectivity index (χ3n) is 6.55. The maximum Gasteiger partial charge on any atom is 0.356 e. The van der Waals surface area contributed by atoms with E-state index in [1.165, 1.54) is 6.07 Å². The van der Waals surface area contributed by atoms with Crippen LogP contribution in [0.4, 0.5) is 20.3 Å². The van der Waals surface area contributed by atoms with Crippen molar-refractivity contribution in [2.75, 3.05) is 23.3 Å². The fraction of sp³-hybridized carbons (Fsp3) is 0.375. The van der Waals surface area contributed by atoms with Gasteiger partial charge >= 0.3 is 5.97 Å². The van der Waals surface area contributed by atoms with Crippen molar-refractivity contribution in [1.82, 2.24) is 15.0 Å². The molecule has 1 spiro atoms. The van der Waals surface area contributed by atoms with E-state index in [2.05, 4.69) is 21.4 Å². The number of aromatic carboxylic acids is 1. The number of carboxylic acid groups (broad SMARTS) is 1. The van der Waals surface area contributed by atoms with Crippen LogP contribution in [0.2, 0.25) is 5.15 Å². The van der Waals surface area contributed by atoms with Crippen LogP contribution in [0.15, 0.2) is 24.3 Å². The average Bonchev–Trinajstić information content (AvgIpc) is 2.75. The number of carbonyl (C=O) groups is 1. The number of alkyl halides is 2. The highest BCUT2D eigenvalue weighted by Crippen LogP contribution is 2.57. The third kappa shape index (κ3) is 4.10. The Kier molecular flexibility index (Phi) is 5.29. The van der Waals surface area contributed by atoms with Crippen LogP contribution in [0.5, 0.6) is 0 Å². The lowest BCUT2D eigenvalue weighted by Gasteiger charge is -2.58. The molecule has 1 atom stereocenters. The number of aromatic nitrogens is 3. The standard InChI is InChI=1S/C24H21ClF2N6O2/c1-12-5-14(13(2)29-15-3-4-18(25)31-20(15)22(34)35)19-16(6-12)30-17(7-28)21(32-19)33-10-23(11-33)8-24(26,27)9-23/h3-6,13,29H,8-11H2,1-2H3,(H,34,35)/t13-/m1/s1. The summed E-state index contributed by atoms with van der Waals surface area (Å²) in [5.41, 5.74) is 2.51. The number of pyridine rings is 1. The Morgan fingerprint density at radius 2 is 1.97 bits per heavy atom. The SMILES string of the molecule is Cc1cc([C@@H](C)Nc2ccc(Cl)nc2C(=O)O)c2nc(N3CC4(C3)CC(F)(F)C4)c(C#N)nc2c1. The van der Waals surface area contributed by atoms with Gasteiger partial charge in [0.2, 0.25) is 5.92 Å². The molecule has 35 heavy (non-hydrogen) atoms. The molecule has 180 valence electrons. The van der Waals surface area contributed by atoms with Crippen LogP contribution >= 0.6 is 11.6 Å². The minimum Gasteiger partial charge on any atom is -0.476 e. The van der Waals surface area contributed by atoms with Gasteiger partial charge in [0, 0.05) is 36.9 Å². The van der Waals surface area contributed by atoms with Crippen molar-refractivity contribution in [3.05, 3.63) is 51.9 Å².